The number of primary amides is 1. The van der Waals surface area contributed by atoms with Gasteiger partial charge in [0.15, 0.2) is 0 Å². The van der Waals surface area contributed by atoms with Crippen molar-refractivity contribution in [2.75, 3.05) is 6.61 Å². The lowest BCUT2D eigenvalue weighted by Gasteiger charge is -2.29. The number of amides is 1. The van der Waals surface area contributed by atoms with E-state index in [1.165, 1.54) is 0 Å². The number of ether oxygens (including phenoxy) is 2. The molecule has 0 radical (unpaired) electrons. The predicted molar refractivity (Wildman–Crippen MR) is 73.0 cm³/mol. The molecule has 0 saturated carbocycles. The highest BCUT2D eigenvalue weighted by molar-refractivity contribution is 5.64. The number of carbonyl (C=O) groups excluding carboxylic acids is 1. The summed E-state index contributed by atoms with van der Waals surface area (Å²) in [5.74, 6) is -1.25. The minimum Gasteiger partial charge on any atom is -0.445 e. The number of halogens is 2. The van der Waals surface area contributed by atoms with Gasteiger partial charge < -0.3 is 15.2 Å². The molecule has 2 rings (SSSR count). The minimum atomic E-state index is -2.69. The molecule has 21 heavy (non-hydrogen) atoms. The molecule has 1 aliphatic rings. The van der Waals surface area contributed by atoms with Crippen LogP contribution in [0.1, 0.15) is 5.56 Å². The number of rotatable bonds is 6. The van der Waals surface area contributed by atoms with E-state index in [0.717, 1.165) is 5.56 Å². The molecule has 0 saturated heterocycles. The zero-order chi connectivity index (χ0) is 15.2. The van der Waals surface area contributed by atoms with Gasteiger partial charge in [-0.05, 0) is 5.56 Å². The average Bonchev–Trinajstić information content (AvgIpc) is 2.92. The van der Waals surface area contributed by atoms with E-state index in [0.29, 0.717) is 0 Å². The third-order valence-electron chi connectivity index (χ3n) is 3.36. The van der Waals surface area contributed by atoms with Crippen LogP contribution in [0.2, 0.25) is 0 Å². The maximum Gasteiger partial charge on any atom is 0.404 e. The molecule has 2 N–H and O–H groups in total. The highest BCUT2D eigenvalue weighted by Crippen LogP contribution is 2.28. The average molecular weight is 297 g/mol. The van der Waals surface area contributed by atoms with Crippen molar-refractivity contribution in [3.63, 3.8) is 0 Å². The Balaban J connectivity index is 2.19. The van der Waals surface area contributed by atoms with Crippen LogP contribution in [-0.4, -0.2) is 31.3 Å². The van der Waals surface area contributed by atoms with E-state index in [1.54, 1.807) is 36.4 Å². The van der Waals surface area contributed by atoms with Crippen molar-refractivity contribution in [3.8, 4) is 0 Å². The van der Waals surface area contributed by atoms with Gasteiger partial charge in [-0.25, -0.2) is 13.6 Å². The number of nitrogens with two attached hydrogens (primary N) is 1. The number of hydrogen-bond donors (Lipinski definition) is 1. The van der Waals surface area contributed by atoms with Gasteiger partial charge >= 0.3 is 6.09 Å². The van der Waals surface area contributed by atoms with Crippen LogP contribution in [0, 0.1) is 5.92 Å². The molecule has 114 valence electrons. The van der Waals surface area contributed by atoms with E-state index >= 15 is 0 Å². The van der Waals surface area contributed by atoms with E-state index in [2.05, 4.69) is 0 Å². The lowest BCUT2D eigenvalue weighted by Crippen LogP contribution is -2.41. The van der Waals surface area contributed by atoms with Crippen molar-refractivity contribution in [1.29, 1.82) is 0 Å². The Morgan fingerprint density at radius 2 is 2.10 bits per heavy atom. The Bertz CT molecular complexity index is 493. The first-order chi connectivity index (χ1) is 10.1. The molecule has 0 fully saturated rings. The smallest absolute Gasteiger partial charge is 0.404 e. The van der Waals surface area contributed by atoms with E-state index in [9.17, 15) is 13.6 Å². The van der Waals surface area contributed by atoms with E-state index < -0.39 is 30.6 Å². The fourth-order valence-corrected chi connectivity index (χ4v) is 2.42. The van der Waals surface area contributed by atoms with Gasteiger partial charge in [0, 0.05) is 6.42 Å². The molecule has 0 aromatic heterocycles. The van der Waals surface area contributed by atoms with Crippen LogP contribution in [0.5, 0.6) is 0 Å². The van der Waals surface area contributed by atoms with Crippen molar-refractivity contribution in [2.45, 2.75) is 25.1 Å². The first-order valence-electron chi connectivity index (χ1n) is 6.64. The molecule has 6 heteroatoms. The largest absolute Gasteiger partial charge is 0.445 e. The summed E-state index contributed by atoms with van der Waals surface area (Å²) in [7, 11) is 0. The van der Waals surface area contributed by atoms with Gasteiger partial charge in [0.2, 0.25) is 6.43 Å². The van der Waals surface area contributed by atoms with Crippen molar-refractivity contribution in [2.24, 2.45) is 11.7 Å². The van der Waals surface area contributed by atoms with Crippen LogP contribution in [0.3, 0.4) is 0 Å². The fourth-order valence-electron chi connectivity index (χ4n) is 2.42. The second-order valence-corrected chi connectivity index (χ2v) is 4.80. The molecule has 4 nitrogen and oxygen atoms in total. The van der Waals surface area contributed by atoms with E-state index in [1.807, 2.05) is 6.07 Å². The van der Waals surface area contributed by atoms with Crippen molar-refractivity contribution in [3.05, 3.63) is 48.0 Å². The van der Waals surface area contributed by atoms with Crippen LogP contribution in [0.15, 0.2) is 42.5 Å². The van der Waals surface area contributed by atoms with Crippen molar-refractivity contribution < 1.29 is 23.0 Å². The molecular formula is C15H17F2NO3. The first kappa shape index (κ1) is 15.4. The lowest BCUT2D eigenvalue weighted by atomic mass is 9.91. The van der Waals surface area contributed by atoms with Gasteiger partial charge in [0.1, 0.15) is 6.10 Å². The molecule has 0 bridgehead atoms. The van der Waals surface area contributed by atoms with Crippen LogP contribution < -0.4 is 5.73 Å². The number of alkyl halides is 2. The van der Waals surface area contributed by atoms with Crippen LogP contribution in [-0.2, 0) is 15.9 Å². The Kier molecular flexibility index (Phi) is 5.27. The van der Waals surface area contributed by atoms with Crippen LogP contribution in [0.25, 0.3) is 0 Å². The molecule has 1 aromatic carbocycles. The maximum absolute atomic E-state index is 13.4. The summed E-state index contributed by atoms with van der Waals surface area (Å²) in [5, 5.41) is 0. The third kappa shape index (κ3) is 4.26. The topological polar surface area (TPSA) is 61.6 Å². The number of benzene rings is 1. The molecule has 0 spiro atoms. The third-order valence-corrected chi connectivity index (χ3v) is 3.36. The zero-order valence-corrected chi connectivity index (χ0v) is 11.3. The quantitative estimate of drug-likeness (QED) is 0.821. The summed E-state index contributed by atoms with van der Waals surface area (Å²) in [4.78, 5) is 11.0. The molecule has 1 amide bonds. The van der Waals surface area contributed by atoms with Crippen molar-refractivity contribution >= 4 is 6.09 Å². The highest BCUT2D eigenvalue weighted by Gasteiger charge is 2.39. The highest BCUT2D eigenvalue weighted by atomic mass is 19.3. The maximum atomic E-state index is 13.4. The molecule has 3 atom stereocenters. The molecule has 1 aromatic rings. The normalized spacial score (nSPS) is 20.4. The predicted octanol–water partition coefficient (Wildman–Crippen LogP) is 2.53. The summed E-state index contributed by atoms with van der Waals surface area (Å²) < 4.78 is 37.0. The molecule has 1 heterocycles. The molecule has 1 aliphatic heterocycles. The first-order valence-corrected chi connectivity index (χ1v) is 6.64. The molecular weight excluding hydrogens is 280 g/mol. The Labute approximate surface area is 121 Å². The van der Waals surface area contributed by atoms with Gasteiger partial charge in [-0.1, -0.05) is 42.5 Å². The van der Waals surface area contributed by atoms with Crippen molar-refractivity contribution in [1.82, 2.24) is 0 Å². The Morgan fingerprint density at radius 3 is 2.62 bits per heavy atom. The Morgan fingerprint density at radius 1 is 1.38 bits per heavy atom. The van der Waals surface area contributed by atoms with Gasteiger partial charge in [-0.3, -0.25) is 0 Å². The van der Waals surface area contributed by atoms with Crippen LogP contribution >= 0.6 is 0 Å². The zero-order valence-electron chi connectivity index (χ0n) is 11.3. The second-order valence-electron chi connectivity index (χ2n) is 4.80. The summed E-state index contributed by atoms with van der Waals surface area (Å²) in [5.41, 5.74) is 5.81. The number of carbonyl (C=O) groups is 1. The molecule has 3 unspecified atom stereocenters. The van der Waals surface area contributed by atoms with Crippen LogP contribution in [0.4, 0.5) is 13.6 Å². The fraction of sp³-hybridized carbons (Fsp3) is 0.400. The van der Waals surface area contributed by atoms with E-state index in [4.69, 9.17) is 15.2 Å². The standard InChI is InChI=1S/C15H17F2NO3/c16-14(17)13(11-7-4-8-20-11)12(21-15(18)19)9-10-5-2-1-3-6-10/h1-7,11-14H,8-9H2,(H2,18,19). The summed E-state index contributed by atoms with van der Waals surface area (Å²) in [6.07, 6.45) is -2.18. The molecule has 0 aliphatic carbocycles. The SMILES string of the molecule is NC(=O)OC(Cc1ccccc1)C(C(F)F)C1C=CCO1. The van der Waals surface area contributed by atoms with Gasteiger partial charge in [-0.2, -0.15) is 0 Å². The van der Waals surface area contributed by atoms with Gasteiger partial charge in [0.05, 0.1) is 18.6 Å². The summed E-state index contributed by atoms with van der Waals surface area (Å²) in [6.45, 7) is 0.280. The lowest BCUT2D eigenvalue weighted by molar-refractivity contribution is -0.0722. The van der Waals surface area contributed by atoms with Gasteiger partial charge in [-0.15, -0.1) is 0 Å². The number of hydrogen-bond acceptors (Lipinski definition) is 3. The van der Waals surface area contributed by atoms with Gasteiger partial charge in [0.25, 0.3) is 0 Å². The summed E-state index contributed by atoms with van der Waals surface area (Å²) in [6, 6.07) is 8.97. The Hall–Kier alpha value is -1.95. The minimum absolute atomic E-state index is 0.159. The summed E-state index contributed by atoms with van der Waals surface area (Å²) >= 11 is 0. The van der Waals surface area contributed by atoms with E-state index in [-0.39, 0.29) is 13.0 Å². The monoisotopic (exact) mass is 297 g/mol. The second kappa shape index (κ2) is 7.17.